The summed E-state index contributed by atoms with van der Waals surface area (Å²) in [4.78, 5) is 1.72. The molecule has 6 heteroatoms. The van der Waals surface area contributed by atoms with E-state index in [0.29, 0.717) is 11.4 Å². The second-order valence-electron chi connectivity index (χ2n) is 4.03. The van der Waals surface area contributed by atoms with Crippen molar-refractivity contribution in [1.29, 1.82) is 0 Å². The van der Waals surface area contributed by atoms with Crippen molar-refractivity contribution >= 4 is 34.1 Å². The molecular weight excluding hydrogens is 280 g/mol. The fraction of sp³-hybridized carbons (Fsp3) is 0.231. The van der Waals surface area contributed by atoms with Crippen molar-refractivity contribution in [3.63, 3.8) is 0 Å². The van der Waals surface area contributed by atoms with Crippen LogP contribution in [0.3, 0.4) is 0 Å². The monoisotopic (exact) mass is 294 g/mol. The predicted molar refractivity (Wildman–Crippen MR) is 79.8 cm³/mol. The van der Waals surface area contributed by atoms with Gasteiger partial charge in [-0.05, 0) is 22.9 Å². The van der Waals surface area contributed by atoms with Crippen LogP contribution in [0.2, 0.25) is 0 Å². The Bertz CT molecular complexity index is 586. The predicted octanol–water partition coefficient (Wildman–Crippen LogP) is 3.40. The lowest BCUT2D eigenvalue weighted by molar-refractivity contribution is -0.476. The Balaban J connectivity index is 2.33. The summed E-state index contributed by atoms with van der Waals surface area (Å²) in [5.74, 6) is 0. The molecule has 0 radical (unpaired) electrons. The number of hydrogen-bond donors (Lipinski definition) is 1. The highest BCUT2D eigenvalue weighted by atomic mass is 32.1. The van der Waals surface area contributed by atoms with E-state index in [2.05, 4.69) is 5.16 Å². The summed E-state index contributed by atoms with van der Waals surface area (Å²) < 4.78 is 0.889. The molecule has 0 fully saturated rings. The van der Waals surface area contributed by atoms with Crippen molar-refractivity contribution in [3.05, 3.63) is 50.0 Å². The van der Waals surface area contributed by atoms with Gasteiger partial charge in [-0.2, -0.15) is 4.74 Å². The lowest BCUT2D eigenvalue weighted by Gasteiger charge is -2.15. The molecule has 1 unspecified atom stereocenters. The van der Waals surface area contributed by atoms with E-state index in [1.54, 1.807) is 13.8 Å². The summed E-state index contributed by atoms with van der Waals surface area (Å²) in [6.45, 7) is 3.51. The summed E-state index contributed by atoms with van der Waals surface area (Å²) in [7, 11) is 0. The summed E-state index contributed by atoms with van der Waals surface area (Å²) in [5.41, 5.74) is 1.01. The highest BCUT2D eigenvalue weighted by Crippen LogP contribution is 2.16. The van der Waals surface area contributed by atoms with E-state index in [0.717, 1.165) is 14.5 Å². The van der Waals surface area contributed by atoms with Crippen LogP contribution in [0.15, 0.2) is 40.2 Å². The molecule has 2 aromatic rings. The minimum atomic E-state index is -0.536. The molecule has 0 bridgehead atoms. The van der Waals surface area contributed by atoms with E-state index in [4.69, 9.17) is 5.21 Å². The molecular formula is C13H14N2O2S2. The van der Waals surface area contributed by atoms with Crippen LogP contribution in [0, 0.1) is 5.21 Å². The molecule has 0 aromatic carbocycles. The average molecular weight is 294 g/mol. The van der Waals surface area contributed by atoms with Gasteiger partial charge in [0.1, 0.15) is 0 Å². The van der Waals surface area contributed by atoms with Crippen LogP contribution in [0.5, 0.6) is 0 Å². The first-order valence-corrected chi connectivity index (χ1v) is 7.50. The minimum Gasteiger partial charge on any atom is -0.623 e. The van der Waals surface area contributed by atoms with Gasteiger partial charge in [0.2, 0.25) is 11.8 Å². The summed E-state index contributed by atoms with van der Waals surface area (Å²) in [5, 5.41) is 28.6. The molecule has 100 valence electrons. The van der Waals surface area contributed by atoms with Gasteiger partial charge in [0.15, 0.2) is 5.71 Å². The highest BCUT2D eigenvalue weighted by molar-refractivity contribution is 7.12. The number of hydroxylamine groups is 1. The Labute approximate surface area is 119 Å². The molecule has 19 heavy (non-hydrogen) atoms. The molecule has 0 aliphatic carbocycles. The highest BCUT2D eigenvalue weighted by Gasteiger charge is 2.24. The lowest BCUT2D eigenvalue weighted by Crippen LogP contribution is -2.31. The van der Waals surface area contributed by atoms with E-state index in [1.807, 2.05) is 35.0 Å². The molecule has 0 amide bonds. The molecule has 2 aromatic heterocycles. The zero-order valence-corrected chi connectivity index (χ0v) is 12.2. The first-order chi connectivity index (χ1) is 9.15. The first-order valence-electron chi connectivity index (χ1n) is 5.74. The van der Waals surface area contributed by atoms with Gasteiger partial charge in [0.25, 0.3) is 0 Å². The van der Waals surface area contributed by atoms with E-state index < -0.39 is 6.04 Å². The van der Waals surface area contributed by atoms with Crippen LogP contribution in [0.25, 0.3) is 0 Å². The van der Waals surface area contributed by atoms with Gasteiger partial charge in [-0.3, -0.25) is 0 Å². The van der Waals surface area contributed by atoms with Crippen molar-refractivity contribution in [2.24, 2.45) is 5.16 Å². The normalized spacial score (nSPS) is 15.2. The van der Waals surface area contributed by atoms with Crippen molar-refractivity contribution < 1.29 is 9.95 Å². The summed E-state index contributed by atoms with van der Waals surface area (Å²) in [6.07, 6.45) is 0. The van der Waals surface area contributed by atoms with Gasteiger partial charge in [0, 0.05) is 13.8 Å². The zero-order chi connectivity index (χ0) is 13.8. The van der Waals surface area contributed by atoms with E-state index >= 15 is 0 Å². The van der Waals surface area contributed by atoms with E-state index in [-0.39, 0.29) is 0 Å². The summed E-state index contributed by atoms with van der Waals surface area (Å²) >= 11 is 2.96. The average Bonchev–Trinajstić information content (AvgIpc) is 3.10. The van der Waals surface area contributed by atoms with Crippen LogP contribution in [-0.4, -0.2) is 27.4 Å². The van der Waals surface area contributed by atoms with Crippen LogP contribution in [-0.2, 0) is 0 Å². The Morgan fingerprint density at radius 3 is 2.32 bits per heavy atom. The van der Waals surface area contributed by atoms with Crippen molar-refractivity contribution in [3.8, 4) is 0 Å². The van der Waals surface area contributed by atoms with Crippen molar-refractivity contribution in [2.75, 3.05) is 0 Å². The molecule has 4 nitrogen and oxygen atoms in total. The third kappa shape index (κ3) is 2.85. The summed E-state index contributed by atoms with van der Waals surface area (Å²) in [6, 6.07) is 6.97. The quantitative estimate of drug-likeness (QED) is 0.309. The zero-order valence-electron chi connectivity index (χ0n) is 10.6. The second-order valence-corrected chi connectivity index (χ2v) is 5.92. The van der Waals surface area contributed by atoms with Gasteiger partial charge in [0.05, 0.1) is 9.75 Å². The third-order valence-electron chi connectivity index (χ3n) is 2.84. The Hall–Kier alpha value is -1.66. The molecule has 0 aliphatic rings. The van der Waals surface area contributed by atoms with Crippen molar-refractivity contribution in [2.45, 2.75) is 19.9 Å². The van der Waals surface area contributed by atoms with Gasteiger partial charge in [-0.1, -0.05) is 17.3 Å². The SMILES string of the molecule is C/C(c1cccs1)=[N+](/[O-])C(C)/C(=N/O)c1cccs1. The van der Waals surface area contributed by atoms with E-state index in [9.17, 15) is 5.21 Å². The van der Waals surface area contributed by atoms with Gasteiger partial charge in [-0.25, -0.2) is 0 Å². The number of nitrogens with zero attached hydrogens (tertiary/aromatic N) is 2. The number of oxime groups is 1. The maximum Gasteiger partial charge on any atom is 0.207 e. The smallest absolute Gasteiger partial charge is 0.207 e. The molecule has 0 spiro atoms. The van der Waals surface area contributed by atoms with Crippen LogP contribution in [0.4, 0.5) is 0 Å². The lowest BCUT2D eigenvalue weighted by atomic mass is 10.1. The fourth-order valence-corrected chi connectivity index (χ4v) is 3.27. The largest absolute Gasteiger partial charge is 0.623 e. The minimum absolute atomic E-state index is 0.390. The van der Waals surface area contributed by atoms with Crippen LogP contribution < -0.4 is 0 Å². The Morgan fingerprint density at radius 2 is 1.84 bits per heavy atom. The Kier molecular flexibility index (Phi) is 4.34. The van der Waals surface area contributed by atoms with Gasteiger partial charge in [-0.15, -0.1) is 22.7 Å². The van der Waals surface area contributed by atoms with E-state index in [1.165, 1.54) is 22.7 Å². The number of rotatable bonds is 4. The molecule has 1 atom stereocenters. The van der Waals surface area contributed by atoms with Crippen molar-refractivity contribution in [1.82, 2.24) is 0 Å². The standard InChI is InChI=1S/C13H14N2O2S2/c1-9(11-5-3-7-18-11)15(17)10(2)13(14-16)12-6-4-8-19-12/h3-8,10,16H,1-2H3/b14-13-,15-9-. The molecule has 0 aliphatic heterocycles. The van der Waals surface area contributed by atoms with Crippen LogP contribution in [0.1, 0.15) is 23.6 Å². The topological polar surface area (TPSA) is 58.7 Å². The third-order valence-corrected chi connectivity index (χ3v) is 4.71. The van der Waals surface area contributed by atoms with Crippen LogP contribution >= 0.6 is 22.7 Å². The molecule has 1 N–H and O–H groups in total. The first kappa shape index (κ1) is 13.8. The molecule has 2 rings (SSSR count). The molecule has 0 saturated heterocycles. The number of hydrogen-bond acceptors (Lipinski definition) is 5. The number of thiophene rings is 2. The maximum absolute atomic E-state index is 12.3. The Morgan fingerprint density at radius 1 is 1.26 bits per heavy atom. The maximum atomic E-state index is 12.3. The fourth-order valence-electron chi connectivity index (χ4n) is 1.76. The van der Waals surface area contributed by atoms with Gasteiger partial charge < -0.3 is 10.4 Å². The van der Waals surface area contributed by atoms with Gasteiger partial charge >= 0.3 is 0 Å². The molecule has 0 saturated carbocycles. The second kappa shape index (κ2) is 5.99. The molecule has 2 heterocycles.